The van der Waals surface area contributed by atoms with Gasteiger partial charge in [-0.25, -0.2) is 15.0 Å². The van der Waals surface area contributed by atoms with Crippen molar-refractivity contribution in [2.24, 2.45) is 0 Å². The summed E-state index contributed by atoms with van der Waals surface area (Å²) in [6.45, 7) is 6.09. The molecular weight excluding hydrogens is 464 g/mol. The van der Waals surface area contributed by atoms with Crippen LogP contribution >= 0.6 is 22.9 Å². The number of aromatic nitrogens is 3. The van der Waals surface area contributed by atoms with Gasteiger partial charge in [0.05, 0.1) is 22.3 Å². The third-order valence-electron chi connectivity index (χ3n) is 6.02. The van der Waals surface area contributed by atoms with E-state index in [-0.39, 0.29) is 6.04 Å². The van der Waals surface area contributed by atoms with E-state index in [2.05, 4.69) is 52.3 Å². The van der Waals surface area contributed by atoms with Gasteiger partial charge in [0.2, 0.25) is 5.95 Å². The summed E-state index contributed by atoms with van der Waals surface area (Å²) in [4.78, 5) is 20.2. The van der Waals surface area contributed by atoms with E-state index < -0.39 is 0 Å². The van der Waals surface area contributed by atoms with Gasteiger partial charge in [-0.3, -0.25) is 0 Å². The molecule has 1 N–H and O–H groups in total. The smallest absolute Gasteiger partial charge is 0.223 e. The normalized spacial score (nSPS) is 15.3. The van der Waals surface area contributed by atoms with E-state index in [1.54, 1.807) is 17.5 Å². The Kier molecular flexibility index (Phi) is 6.76. The maximum absolute atomic E-state index is 6.33. The summed E-state index contributed by atoms with van der Waals surface area (Å²) in [6, 6.07) is 20.2. The van der Waals surface area contributed by atoms with Gasteiger partial charge >= 0.3 is 0 Å². The fourth-order valence-corrected chi connectivity index (χ4v) is 5.32. The van der Waals surface area contributed by atoms with Gasteiger partial charge in [0.1, 0.15) is 0 Å². The zero-order valence-corrected chi connectivity index (χ0v) is 20.9. The molecule has 34 heavy (non-hydrogen) atoms. The number of piperazine rings is 1. The van der Waals surface area contributed by atoms with Crippen LogP contribution in [-0.4, -0.2) is 53.1 Å². The minimum Gasteiger partial charge on any atom is -0.348 e. The summed E-state index contributed by atoms with van der Waals surface area (Å²) >= 11 is 8.01. The lowest BCUT2D eigenvalue weighted by Crippen LogP contribution is -2.44. The second kappa shape index (κ2) is 10.1. The molecule has 4 aromatic rings. The van der Waals surface area contributed by atoms with Crippen molar-refractivity contribution in [1.82, 2.24) is 19.9 Å². The van der Waals surface area contributed by atoms with Crippen LogP contribution in [0.2, 0.25) is 5.02 Å². The molecule has 5 rings (SSSR count). The molecule has 0 aliphatic carbocycles. The highest BCUT2D eigenvalue weighted by Gasteiger charge is 2.23. The fourth-order valence-electron chi connectivity index (χ4n) is 4.02. The summed E-state index contributed by atoms with van der Waals surface area (Å²) in [5.74, 6) is 0.598. The highest BCUT2D eigenvalue weighted by Crippen LogP contribution is 2.40. The Morgan fingerprint density at radius 2 is 1.76 bits per heavy atom. The van der Waals surface area contributed by atoms with Gasteiger partial charge in [0.25, 0.3) is 0 Å². The summed E-state index contributed by atoms with van der Waals surface area (Å²) in [6.07, 6.45) is 1.80. The number of likely N-dealkylation sites (N-methyl/N-ethyl adjacent to an activating group) is 1. The molecular formula is C26H27ClN6S. The second-order valence-electron chi connectivity index (χ2n) is 8.52. The lowest BCUT2D eigenvalue weighted by Gasteiger charge is -2.32. The fraction of sp³-hybridized carbons (Fsp3) is 0.269. The van der Waals surface area contributed by atoms with Crippen molar-refractivity contribution >= 4 is 34.0 Å². The van der Waals surface area contributed by atoms with E-state index in [1.807, 2.05) is 42.5 Å². The van der Waals surface area contributed by atoms with Crippen LogP contribution in [0.25, 0.3) is 21.8 Å². The predicted octanol–water partition coefficient (Wildman–Crippen LogP) is 5.85. The first-order valence-electron chi connectivity index (χ1n) is 11.4. The average Bonchev–Trinajstić information content (AvgIpc) is 3.31. The van der Waals surface area contributed by atoms with Crippen molar-refractivity contribution in [1.29, 1.82) is 0 Å². The van der Waals surface area contributed by atoms with Crippen LogP contribution in [0.1, 0.15) is 18.5 Å². The van der Waals surface area contributed by atoms with E-state index in [9.17, 15) is 0 Å². The Balaban J connectivity index is 1.50. The third-order valence-corrected chi connectivity index (χ3v) is 7.39. The quantitative estimate of drug-likeness (QED) is 0.366. The first-order valence-corrected chi connectivity index (χ1v) is 12.6. The largest absolute Gasteiger partial charge is 0.348 e. The molecule has 2 aromatic heterocycles. The summed E-state index contributed by atoms with van der Waals surface area (Å²) in [7, 11) is 2.16. The van der Waals surface area contributed by atoms with Gasteiger partial charge in [0.15, 0.2) is 5.13 Å². The molecule has 0 unspecified atom stereocenters. The number of hydrogen-bond acceptors (Lipinski definition) is 7. The standard InChI is InChI=1S/C26H27ClN6S/c1-18(19-7-4-3-5-8-19)29-25-28-12-11-22(30-25)24-23(20-9-6-10-21(27)17-20)31-26(34-24)33-15-13-32(2)14-16-33/h3-12,17-18H,13-16H2,1-2H3,(H,28,29,30)/t18-/m0/s1. The SMILES string of the molecule is C[C@H](Nc1nccc(-c2sc(N3CCN(C)CC3)nc2-c2cccc(Cl)c2)n1)c1ccccc1. The van der Waals surface area contributed by atoms with Crippen LogP contribution in [0.5, 0.6) is 0 Å². The Labute approximate surface area is 209 Å². The lowest BCUT2D eigenvalue weighted by atomic mass is 10.1. The summed E-state index contributed by atoms with van der Waals surface area (Å²) in [5.41, 5.74) is 3.93. The Morgan fingerprint density at radius 1 is 0.971 bits per heavy atom. The van der Waals surface area contributed by atoms with Crippen LogP contribution < -0.4 is 10.2 Å². The highest BCUT2D eigenvalue weighted by molar-refractivity contribution is 7.19. The molecule has 1 fully saturated rings. The number of anilines is 2. The van der Waals surface area contributed by atoms with E-state index >= 15 is 0 Å². The number of hydrogen-bond donors (Lipinski definition) is 1. The minimum atomic E-state index is 0.0891. The molecule has 1 saturated heterocycles. The number of rotatable bonds is 6. The molecule has 0 amide bonds. The van der Waals surface area contributed by atoms with Gasteiger partial charge in [-0.2, -0.15) is 0 Å². The molecule has 8 heteroatoms. The highest BCUT2D eigenvalue weighted by atomic mass is 35.5. The number of nitrogens with zero attached hydrogens (tertiary/aromatic N) is 5. The maximum atomic E-state index is 6.33. The molecule has 3 heterocycles. The van der Waals surface area contributed by atoms with Gasteiger partial charge in [0, 0.05) is 43.0 Å². The van der Waals surface area contributed by atoms with E-state index in [0.717, 1.165) is 53.1 Å². The van der Waals surface area contributed by atoms with Crippen LogP contribution in [0.4, 0.5) is 11.1 Å². The first-order chi connectivity index (χ1) is 16.6. The van der Waals surface area contributed by atoms with Gasteiger partial charge in [-0.05, 0) is 37.7 Å². The van der Waals surface area contributed by atoms with Crippen LogP contribution in [0, 0.1) is 0 Å². The minimum absolute atomic E-state index is 0.0891. The zero-order valence-electron chi connectivity index (χ0n) is 19.3. The van der Waals surface area contributed by atoms with Crippen LogP contribution in [-0.2, 0) is 0 Å². The van der Waals surface area contributed by atoms with Crippen molar-refractivity contribution in [3.8, 4) is 21.8 Å². The average molecular weight is 491 g/mol. The van der Waals surface area contributed by atoms with Crippen molar-refractivity contribution in [3.05, 3.63) is 77.4 Å². The van der Waals surface area contributed by atoms with Crippen molar-refractivity contribution in [2.45, 2.75) is 13.0 Å². The number of nitrogens with one attached hydrogen (secondary N) is 1. The van der Waals surface area contributed by atoms with Crippen molar-refractivity contribution in [2.75, 3.05) is 43.4 Å². The van der Waals surface area contributed by atoms with E-state index in [4.69, 9.17) is 21.6 Å². The lowest BCUT2D eigenvalue weighted by molar-refractivity contribution is 0.313. The topological polar surface area (TPSA) is 57.2 Å². The van der Waals surface area contributed by atoms with Gasteiger partial charge < -0.3 is 15.1 Å². The van der Waals surface area contributed by atoms with E-state index in [1.165, 1.54) is 5.56 Å². The third kappa shape index (κ3) is 5.06. The molecule has 0 bridgehead atoms. The first kappa shape index (κ1) is 22.8. The Morgan fingerprint density at radius 3 is 2.53 bits per heavy atom. The molecule has 174 valence electrons. The molecule has 6 nitrogen and oxygen atoms in total. The molecule has 1 aliphatic rings. The van der Waals surface area contributed by atoms with Crippen LogP contribution in [0.3, 0.4) is 0 Å². The van der Waals surface area contributed by atoms with E-state index in [0.29, 0.717) is 11.0 Å². The van der Waals surface area contributed by atoms with Gasteiger partial charge in [-0.15, -0.1) is 0 Å². The summed E-state index contributed by atoms with van der Waals surface area (Å²) in [5, 5.41) is 5.15. The number of thiazole rings is 1. The molecule has 1 aliphatic heterocycles. The second-order valence-corrected chi connectivity index (χ2v) is 9.93. The predicted molar refractivity (Wildman–Crippen MR) is 142 cm³/mol. The summed E-state index contributed by atoms with van der Waals surface area (Å²) < 4.78 is 0. The Bertz CT molecular complexity index is 1250. The van der Waals surface area contributed by atoms with Gasteiger partial charge in [-0.1, -0.05) is 65.4 Å². The van der Waals surface area contributed by atoms with Crippen molar-refractivity contribution in [3.63, 3.8) is 0 Å². The molecule has 0 radical (unpaired) electrons. The molecule has 0 spiro atoms. The monoisotopic (exact) mass is 490 g/mol. The number of benzene rings is 2. The number of halogens is 1. The molecule has 1 atom stereocenters. The van der Waals surface area contributed by atoms with Crippen molar-refractivity contribution < 1.29 is 0 Å². The molecule has 2 aromatic carbocycles. The molecule has 0 saturated carbocycles. The maximum Gasteiger partial charge on any atom is 0.223 e. The van der Waals surface area contributed by atoms with Crippen LogP contribution in [0.15, 0.2) is 66.9 Å². The Hall–Kier alpha value is -3.00. The zero-order chi connectivity index (χ0) is 23.5.